The molecule has 0 radical (unpaired) electrons. The van der Waals surface area contributed by atoms with Gasteiger partial charge in [-0.2, -0.15) is 0 Å². The van der Waals surface area contributed by atoms with E-state index in [9.17, 15) is 39.6 Å². The molecule has 1 aliphatic heterocycles. The summed E-state index contributed by atoms with van der Waals surface area (Å²) in [6.07, 6.45) is 0.167. The number of hydrogen-bond acceptors (Lipinski definition) is 11. The first-order valence-electron chi connectivity index (χ1n) is 14.7. The molecule has 0 unspecified atom stereocenters. The Morgan fingerprint density at radius 2 is 1.09 bits per heavy atom. The van der Waals surface area contributed by atoms with E-state index in [-0.39, 0.29) is 78.4 Å². The molecule has 248 valence electrons. The maximum Gasteiger partial charge on any atom is 0.321 e. The third-order valence-electron chi connectivity index (χ3n) is 7.10. The molecular weight excluding hydrogens is 580 g/mol. The second kappa shape index (κ2) is 20.6. The van der Waals surface area contributed by atoms with E-state index in [1.165, 1.54) is 0 Å². The van der Waals surface area contributed by atoms with Crippen LogP contribution in [0, 0.1) is 0 Å². The summed E-state index contributed by atoms with van der Waals surface area (Å²) in [7, 11) is 0. The van der Waals surface area contributed by atoms with Gasteiger partial charge in [-0.1, -0.05) is 12.1 Å². The number of benzene rings is 1. The van der Waals surface area contributed by atoms with Crippen molar-refractivity contribution in [1.29, 1.82) is 0 Å². The number of carboxylic acid groups (broad SMARTS) is 4. The molecule has 1 aromatic rings. The molecule has 0 aromatic heterocycles. The molecule has 1 aliphatic rings. The predicted octanol–water partition coefficient (Wildman–Crippen LogP) is -0.410. The van der Waals surface area contributed by atoms with Crippen molar-refractivity contribution in [2.24, 2.45) is 0 Å². The SMILES string of the molecule is CCOCCOCCOc1ccc(C[C@H](C(=O)O)N2CCN(CC(=O)O)CCN(CC(=O)O)CCN(CC(=O)O)CC2)cc1. The molecule has 1 saturated heterocycles. The minimum absolute atomic E-state index is 0.167. The lowest BCUT2D eigenvalue weighted by molar-refractivity contribution is -0.144. The summed E-state index contributed by atoms with van der Waals surface area (Å²) in [4.78, 5) is 53.7. The highest BCUT2D eigenvalue weighted by Gasteiger charge is 2.28. The maximum absolute atomic E-state index is 12.5. The first-order chi connectivity index (χ1) is 21.1. The molecular formula is C29H46N4O11. The van der Waals surface area contributed by atoms with Crippen LogP contribution in [-0.2, 0) is 35.1 Å². The summed E-state index contributed by atoms with van der Waals surface area (Å²) in [5.74, 6) is -3.57. The predicted molar refractivity (Wildman–Crippen MR) is 158 cm³/mol. The Hall–Kier alpha value is -3.34. The van der Waals surface area contributed by atoms with Gasteiger partial charge in [0.2, 0.25) is 0 Å². The molecule has 0 amide bonds. The molecule has 0 spiro atoms. The van der Waals surface area contributed by atoms with Crippen LogP contribution in [0.15, 0.2) is 24.3 Å². The van der Waals surface area contributed by atoms with Crippen molar-refractivity contribution < 1.29 is 53.8 Å². The van der Waals surface area contributed by atoms with E-state index in [1.54, 1.807) is 43.9 Å². The lowest BCUT2D eigenvalue weighted by Gasteiger charge is -2.35. The van der Waals surface area contributed by atoms with Gasteiger partial charge in [0.05, 0.1) is 39.5 Å². The molecule has 1 heterocycles. The third-order valence-corrected chi connectivity index (χ3v) is 7.10. The van der Waals surface area contributed by atoms with E-state index in [0.717, 1.165) is 5.56 Å². The van der Waals surface area contributed by atoms with Gasteiger partial charge >= 0.3 is 23.9 Å². The highest BCUT2D eigenvalue weighted by Crippen LogP contribution is 2.16. The van der Waals surface area contributed by atoms with Crippen molar-refractivity contribution in [1.82, 2.24) is 19.6 Å². The van der Waals surface area contributed by atoms with Crippen molar-refractivity contribution in [2.75, 3.05) is 105 Å². The minimum Gasteiger partial charge on any atom is -0.491 e. The summed E-state index contributed by atoms with van der Waals surface area (Å²) in [6, 6.07) is 6.16. The summed E-state index contributed by atoms with van der Waals surface area (Å²) in [5.41, 5.74) is 0.762. The molecule has 1 fully saturated rings. The van der Waals surface area contributed by atoms with Crippen LogP contribution >= 0.6 is 0 Å². The number of aliphatic carboxylic acids is 4. The summed E-state index contributed by atoms with van der Waals surface area (Å²) in [5, 5.41) is 38.4. The normalized spacial score (nSPS) is 17.3. The van der Waals surface area contributed by atoms with Crippen molar-refractivity contribution in [3.63, 3.8) is 0 Å². The van der Waals surface area contributed by atoms with Crippen LogP contribution in [0.25, 0.3) is 0 Å². The molecule has 0 aliphatic carbocycles. The number of hydrogen-bond donors (Lipinski definition) is 4. The Bertz CT molecular complexity index is 995. The van der Waals surface area contributed by atoms with Crippen LogP contribution in [0.2, 0.25) is 0 Å². The van der Waals surface area contributed by atoms with Gasteiger partial charge in [0.1, 0.15) is 18.4 Å². The highest BCUT2D eigenvalue weighted by molar-refractivity contribution is 5.74. The Labute approximate surface area is 257 Å². The first-order valence-corrected chi connectivity index (χ1v) is 14.7. The Morgan fingerprint density at radius 3 is 1.52 bits per heavy atom. The largest absolute Gasteiger partial charge is 0.491 e. The van der Waals surface area contributed by atoms with Crippen molar-refractivity contribution in [3.05, 3.63) is 29.8 Å². The van der Waals surface area contributed by atoms with Gasteiger partial charge in [0.15, 0.2) is 0 Å². The van der Waals surface area contributed by atoms with Crippen molar-refractivity contribution in [3.8, 4) is 5.75 Å². The Kier molecular flexibility index (Phi) is 17.2. The van der Waals surface area contributed by atoms with Gasteiger partial charge in [-0.05, 0) is 31.0 Å². The fourth-order valence-corrected chi connectivity index (χ4v) is 4.81. The molecule has 1 aromatic carbocycles. The smallest absolute Gasteiger partial charge is 0.321 e. The summed E-state index contributed by atoms with van der Waals surface area (Å²) in [6.45, 7) is 5.40. The number of rotatable bonds is 18. The number of nitrogens with zero attached hydrogens (tertiary/aromatic N) is 4. The average molecular weight is 627 g/mol. The zero-order valence-corrected chi connectivity index (χ0v) is 25.3. The molecule has 1 atom stereocenters. The standard InChI is InChI=1S/C29H46N4O11/c1-2-42-15-16-43-17-18-44-24-5-3-23(4-6-24)19-25(29(40)41)33-13-11-31(21-27(36)37)9-7-30(20-26(34)35)8-10-32(12-14-33)22-28(38)39/h3-6,25H,2,7-22H2,1H3,(H,34,35)(H,36,37)(H,38,39)(H,40,41)/t25-/m1/s1. The van der Waals surface area contributed by atoms with Gasteiger partial charge in [-0.3, -0.25) is 38.8 Å². The van der Waals surface area contributed by atoms with Crippen LogP contribution in [0.4, 0.5) is 0 Å². The zero-order valence-electron chi connectivity index (χ0n) is 25.3. The fourth-order valence-electron chi connectivity index (χ4n) is 4.81. The van der Waals surface area contributed by atoms with Crippen LogP contribution in [0.5, 0.6) is 5.75 Å². The number of carbonyl (C=O) groups is 4. The van der Waals surface area contributed by atoms with Crippen LogP contribution in [-0.4, -0.2) is 175 Å². The summed E-state index contributed by atoms with van der Waals surface area (Å²) < 4.78 is 16.3. The lowest BCUT2D eigenvalue weighted by atomic mass is 10.0. The van der Waals surface area contributed by atoms with Crippen LogP contribution < -0.4 is 4.74 Å². The van der Waals surface area contributed by atoms with Crippen LogP contribution in [0.3, 0.4) is 0 Å². The first kappa shape index (κ1) is 36.8. The highest BCUT2D eigenvalue weighted by atomic mass is 16.5. The van der Waals surface area contributed by atoms with Gasteiger partial charge < -0.3 is 34.6 Å². The third kappa shape index (κ3) is 15.4. The van der Waals surface area contributed by atoms with E-state index < -0.39 is 29.9 Å². The van der Waals surface area contributed by atoms with E-state index in [2.05, 4.69) is 0 Å². The quantitative estimate of drug-likeness (QED) is 0.154. The van der Waals surface area contributed by atoms with E-state index >= 15 is 0 Å². The average Bonchev–Trinajstić information content (AvgIpc) is 2.95. The van der Waals surface area contributed by atoms with Gasteiger partial charge in [0, 0.05) is 59.0 Å². The van der Waals surface area contributed by atoms with E-state index in [0.29, 0.717) is 38.8 Å². The molecule has 0 bridgehead atoms. The van der Waals surface area contributed by atoms with Gasteiger partial charge in [-0.15, -0.1) is 0 Å². The Morgan fingerprint density at radius 1 is 0.659 bits per heavy atom. The molecule has 2 rings (SSSR count). The Balaban J connectivity index is 2.13. The molecule has 15 nitrogen and oxygen atoms in total. The topological polar surface area (TPSA) is 190 Å². The van der Waals surface area contributed by atoms with Crippen molar-refractivity contribution >= 4 is 23.9 Å². The molecule has 44 heavy (non-hydrogen) atoms. The lowest BCUT2D eigenvalue weighted by Crippen LogP contribution is -2.52. The number of carboxylic acids is 4. The zero-order chi connectivity index (χ0) is 32.3. The van der Waals surface area contributed by atoms with E-state index in [1.807, 2.05) is 6.92 Å². The van der Waals surface area contributed by atoms with Gasteiger partial charge in [0.25, 0.3) is 0 Å². The van der Waals surface area contributed by atoms with Crippen LogP contribution in [0.1, 0.15) is 12.5 Å². The second-order valence-electron chi connectivity index (χ2n) is 10.4. The second-order valence-corrected chi connectivity index (χ2v) is 10.4. The number of ether oxygens (including phenoxy) is 3. The minimum atomic E-state index is -1.05. The fraction of sp³-hybridized carbons (Fsp3) is 0.655. The molecule has 15 heteroatoms. The maximum atomic E-state index is 12.5. The van der Waals surface area contributed by atoms with Crippen molar-refractivity contribution in [2.45, 2.75) is 19.4 Å². The molecule has 0 saturated carbocycles. The monoisotopic (exact) mass is 626 g/mol. The van der Waals surface area contributed by atoms with Gasteiger partial charge in [-0.25, -0.2) is 0 Å². The van der Waals surface area contributed by atoms with E-state index in [4.69, 9.17) is 14.2 Å². The molecule has 4 N–H and O–H groups in total. The summed E-state index contributed by atoms with van der Waals surface area (Å²) >= 11 is 0.